The van der Waals surface area contributed by atoms with Crippen molar-refractivity contribution in [3.8, 4) is 0 Å². The molecule has 126 valence electrons. The average molecular weight is 342 g/mol. The number of amides is 1. The third-order valence-electron chi connectivity index (χ3n) is 4.14. The van der Waals surface area contributed by atoms with Crippen LogP contribution in [-0.2, 0) is 4.74 Å². The Morgan fingerprint density at radius 3 is 2.75 bits per heavy atom. The van der Waals surface area contributed by atoms with Crippen molar-refractivity contribution >= 4 is 27.5 Å². The van der Waals surface area contributed by atoms with E-state index in [0.717, 1.165) is 10.2 Å². The number of carbonyl (C=O) groups is 1. The molecule has 3 aromatic rings. The van der Waals surface area contributed by atoms with E-state index in [-0.39, 0.29) is 11.9 Å². The molecule has 0 aliphatic heterocycles. The summed E-state index contributed by atoms with van der Waals surface area (Å²) in [5.74, 6) is -0.0594. The molecule has 1 amide bonds. The number of methoxy groups -OCH3 is 1. The molecule has 0 unspecified atom stereocenters. The number of nitrogens with zero attached hydrogens (tertiary/aromatic N) is 1. The Balaban J connectivity index is 2.02. The Morgan fingerprint density at radius 1 is 1.29 bits per heavy atom. The van der Waals surface area contributed by atoms with Crippen molar-refractivity contribution in [1.29, 1.82) is 0 Å². The summed E-state index contributed by atoms with van der Waals surface area (Å²) in [5.41, 5.74) is 3.00. The van der Waals surface area contributed by atoms with Crippen molar-refractivity contribution in [2.75, 3.05) is 20.3 Å². The number of aryl methyl sites for hydroxylation is 1. The zero-order chi connectivity index (χ0) is 17.1. The number of thiophene rings is 1. The fraction of sp³-hybridized carbons (Fsp3) is 0.316. The number of fused-ring (bicyclic) bond motifs is 1. The molecular formula is C19H22N2O2S. The lowest BCUT2D eigenvalue weighted by Gasteiger charge is -2.19. The Hall–Kier alpha value is -2.11. The standard InChI is InChI=1S/C19H22N2O2S/c1-13-11-16-18(24-13)12-17(19(22)20-9-10-23-3)21(16)14(2)15-7-5-4-6-8-15/h4-8,11-12,14H,9-10H2,1-3H3,(H,20,22)/t14-/m1/s1. The Kier molecular flexibility index (Phi) is 5.02. The molecule has 4 nitrogen and oxygen atoms in total. The molecule has 0 aliphatic carbocycles. The number of hydrogen-bond donors (Lipinski definition) is 1. The molecule has 0 saturated carbocycles. The van der Waals surface area contributed by atoms with Crippen LogP contribution >= 0.6 is 11.3 Å². The molecule has 0 aliphatic rings. The SMILES string of the molecule is COCCNC(=O)c1cc2sc(C)cc2n1[C@H](C)c1ccccc1. The van der Waals surface area contributed by atoms with Gasteiger partial charge in [-0.05, 0) is 31.5 Å². The van der Waals surface area contributed by atoms with Gasteiger partial charge in [-0.1, -0.05) is 30.3 Å². The minimum Gasteiger partial charge on any atom is -0.383 e. The summed E-state index contributed by atoms with van der Waals surface area (Å²) in [6.45, 7) is 5.25. The van der Waals surface area contributed by atoms with Crippen LogP contribution in [0.1, 0.15) is 33.9 Å². The summed E-state index contributed by atoms with van der Waals surface area (Å²) in [7, 11) is 1.63. The summed E-state index contributed by atoms with van der Waals surface area (Å²) in [6, 6.07) is 14.5. The summed E-state index contributed by atoms with van der Waals surface area (Å²) in [4.78, 5) is 13.9. The van der Waals surface area contributed by atoms with Crippen molar-refractivity contribution in [1.82, 2.24) is 9.88 Å². The average Bonchev–Trinajstić information content (AvgIpc) is 3.11. The smallest absolute Gasteiger partial charge is 0.268 e. The third-order valence-corrected chi connectivity index (χ3v) is 5.13. The molecular weight excluding hydrogens is 320 g/mol. The van der Waals surface area contributed by atoms with Gasteiger partial charge in [0.25, 0.3) is 5.91 Å². The molecule has 1 N–H and O–H groups in total. The highest BCUT2D eigenvalue weighted by Crippen LogP contribution is 2.33. The zero-order valence-corrected chi connectivity index (χ0v) is 15.0. The Bertz CT molecular complexity index is 836. The topological polar surface area (TPSA) is 43.3 Å². The highest BCUT2D eigenvalue weighted by molar-refractivity contribution is 7.19. The van der Waals surface area contributed by atoms with Crippen LogP contribution in [0, 0.1) is 6.92 Å². The van der Waals surface area contributed by atoms with E-state index in [1.165, 1.54) is 10.4 Å². The van der Waals surface area contributed by atoms with E-state index in [9.17, 15) is 4.79 Å². The van der Waals surface area contributed by atoms with Crippen LogP contribution < -0.4 is 5.32 Å². The number of benzene rings is 1. The van der Waals surface area contributed by atoms with Crippen LogP contribution in [0.4, 0.5) is 0 Å². The summed E-state index contributed by atoms with van der Waals surface area (Å²) < 4.78 is 8.30. The molecule has 2 aromatic heterocycles. The van der Waals surface area contributed by atoms with Gasteiger partial charge in [0.2, 0.25) is 0 Å². The molecule has 1 aromatic carbocycles. The van der Waals surface area contributed by atoms with Gasteiger partial charge in [0, 0.05) is 18.5 Å². The molecule has 0 saturated heterocycles. The predicted molar refractivity (Wildman–Crippen MR) is 99.0 cm³/mol. The molecule has 0 fully saturated rings. The summed E-state index contributed by atoms with van der Waals surface area (Å²) in [5, 5.41) is 2.93. The van der Waals surface area contributed by atoms with Crippen LogP contribution in [-0.4, -0.2) is 30.7 Å². The molecule has 0 spiro atoms. The molecule has 3 rings (SSSR count). The van der Waals surface area contributed by atoms with Crippen LogP contribution in [0.15, 0.2) is 42.5 Å². The van der Waals surface area contributed by atoms with Gasteiger partial charge in [0.15, 0.2) is 0 Å². The molecule has 5 heteroatoms. The minimum absolute atomic E-state index is 0.0594. The first-order valence-corrected chi connectivity index (χ1v) is 8.87. The quantitative estimate of drug-likeness (QED) is 0.688. The van der Waals surface area contributed by atoms with Gasteiger partial charge in [0.1, 0.15) is 5.69 Å². The molecule has 1 atom stereocenters. The van der Waals surface area contributed by atoms with Gasteiger partial charge >= 0.3 is 0 Å². The maximum Gasteiger partial charge on any atom is 0.268 e. The van der Waals surface area contributed by atoms with E-state index in [0.29, 0.717) is 18.8 Å². The fourth-order valence-corrected chi connectivity index (χ4v) is 3.91. The van der Waals surface area contributed by atoms with Crippen molar-refractivity contribution in [2.45, 2.75) is 19.9 Å². The van der Waals surface area contributed by atoms with Gasteiger partial charge in [-0.3, -0.25) is 4.79 Å². The second kappa shape index (κ2) is 7.20. The summed E-state index contributed by atoms with van der Waals surface area (Å²) in [6.07, 6.45) is 0. The van der Waals surface area contributed by atoms with E-state index in [4.69, 9.17) is 4.74 Å². The first-order valence-electron chi connectivity index (χ1n) is 8.05. The van der Waals surface area contributed by atoms with Crippen LogP contribution in [0.25, 0.3) is 10.2 Å². The van der Waals surface area contributed by atoms with E-state index < -0.39 is 0 Å². The molecule has 2 heterocycles. The number of aromatic nitrogens is 1. The highest BCUT2D eigenvalue weighted by Gasteiger charge is 2.21. The first-order chi connectivity index (χ1) is 11.6. The van der Waals surface area contributed by atoms with Crippen molar-refractivity contribution in [2.24, 2.45) is 0 Å². The van der Waals surface area contributed by atoms with Gasteiger partial charge in [0.05, 0.1) is 22.9 Å². The minimum atomic E-state index is -0.0594. The normalized spacial score (nSPS) is 12.5. The number of rotatable bonds is 6. The van der Waals surface area contributed by atoms with E-state index in [2.05, 4.69) is 41.9 Å². The number of ether oxygens (including phenoxy) is 1. The van der Waals surface area contributed by atoms with Gasteiger partial charge in [-0.25, -0.2) is 0 Å². The van der Waals surface area contributed by atoms with E-state index >= 15 is 0 Å². The molecule has 0 radical (unpaired) electrons. The monoisotopic (exact) mass is 342 g/mol. The van der Waals surface area contributed by atoms with E-state index in [1.54, 1.807) is 18.4 Å². The van der Waals surface area contributed by atoms with Gasteiger partial charge < -0.3 is 14.6 Å². The molecule has 24 heavy (non-hydrogen) atoms. The summed E-state index contributed by atoms with van der Waals surface area (Å²) >= 11 is 1.72. The maximum absolute atomic E-state index is 12.6. The predicted octanol–water partition coefficient (Wildman–Crippen LogP) is 4.00. The van der Waals surface area contributed by atoms with E-state index in [1.807, 2.05) is 24.3 Å². The third kappa shape index (κ3) is 3.23. The Morgan fingerprint density at radius 2 is 2.04 bits per heavy atom. The van der Waals surface area contributed by atoms with Crippen LogP contribution in [0.3, 0.4) is 0 Å². The second-order valence-electron chi connectivity index (χ2n) is 5.84. The van der Waals surface area contributed by atoms with Crippen LogP contribution in [0.2, 0.25) is 0 Å². The Labute approximate surface area is 146 Å². The number of carbonyl (C=O) groups excluding carboxylic acids is 1. The zero-order valence-electron chi connectivity index (χ0n) is 14.2. The van der Waals surface area contributed by atoms with Crippen molar-refractivity contribution < 1.29 is 9.53 Å². The molecule has 0 bridgehead atoms. The lowest BCUT2D eigenvalue weighted by molar-refractivity contribution is 0.0927. The fourth-order valence-electron chi connectivity index (χ4n) is 2.96. The van der Waals surface area contributed by atoms with Crippen molar-refractivity contribution in [3.63, 3.8) is 0 Å². The second-order valence-corrected chi connectivity index (χ2v) is 7.13. The van der Waals surface area contributed by atoms with Crippen LogP contribution in [0.5, 0.6) is 0 Å². The highest BCUT2D eigenvalue weighted by atomic mass is 32.1. The maximum atomic E-state index is 12.6. The lowest BCUT2D eigenvalue weighted by Crippen LogP contribution is -2.29. The largest absolute Gasteiger partial charge is 0.383 e. The number of nitrogens with one attached hydrogen (secondary N) is 1. The van der Waals surface area contributed by atoms with Crippen molar-refractivity contribution in [3.05, 3.63) is 58.6 Å². The van der Waals surface area contributed by atoms with Gasteiger partial charge in [-0.15, -0.1) is 11.3 Å². The lowest BCUT2D eigenvalue weighted by atomic mass is 10.1. The first kappa shape index (κ1) is 16.7. The number of hydrogen-bond acceptors (Lipinski definition) is 3. The van der Waals surface area contributed by atoms with Gasteiger partial charge in [-0.2, -0.15) is 0 Å².